The SMILES string of the molecule is CC(Nc1cncnc1)c1ccccc1C(F)(F)F. The van der Waals surface area contributed by atoms with Crippen molar-refractivity contribution in [1.29, 1.82) is 0 Å². The van der Waals surface area contributed by atoms with E-state index in [1.807, 2.05) is 0 Å². The molecular formula is C13H12F3N3. The fraction of sp³-hybridized carbons (Fsp3) is 0.231. The summed E-state index contributed by atoms with van der Waals surface area (Å²) in [7, 11) is 0. The number of aromatic nitrogens is 2. The predicted molar refractivity (Wildman–Crippen MR) is 65.5 cm³/mol. The zero-order chi connectivity index (χ0) is 13.9. The van der Waals surface area contributed by atoms with Gasteiger partial charge in [0.2, 0.25) is 0 Å². The highest BCUT2D eigenvalue weighted by Gasteiger charge is 2.34. The van der Waals surface area contributed by atoms with Crippen molar-refractivity contribution in [3.8, 4) is 0 Å². The Bertz CT molecular complexity index is 540. The Morgan fingerprint density at radius 2 is 1.74 bits per heavy atom. The van der Waals surface area contributed by atoms with Gasteiger partial charge in [-0.2, -0.15) is 13.2 Å². The maximum atomic E-state index is 12.9. The molecule has 6 heteroatoms. The van der Waals surface area contributed by atoms with E-state index in [4.69, 9.17) is 0 Å². The van der Waals surface area contributed by atoms with Gasteiger partial charge in [0.25, 0.3) is 0 Å². The van der Waals surface area contributed by atoms with Crippen LogP contribution in [0, 0.1) is 0 Å². The number of hydrogen-bond donors (Lipinski definition) is 1. The van der Waals surface area contributed by atoms with Gasteiger partial charge in [-0.25, -0.2) is 9.97 Å². The zero-order valence-electron chi connectivity index (χ0n) is 10.1. The molecule has 1 aromatic carbocycles. The molecule has 1 N–H and O–H groups in total. The van der Waals surface area contributed by atoms with Gasteiger partial charge in [-0.15, -0.1) is 0 Å². The number of alkyl halides is 3. The molecule has 3 nitrogen and oxygen atoms in total. The van der Waals surface area contributed by atoms with Gasteiger partial charge in [0.15, 0.2) is 0 Å². The summed E-state index contributed by atoms with van der Waals surface area (Å²) in [5.41, 5.74) is 0.137. The molecule has 1 heterocycles. The van der Waals surface area contributed by atoms with E-state index in [0.29, 0.717) is 5.69 Å². The molecule has 0 saturated carbocycles. The Morgan fingerprint density at radius 1 is 1.11 bits per heavy atom. The zero-order valence-corrected chi connectivity index (χ0v) is 10.1. The Kier molecular flexibility index (Phi) is 3.69. The van der Waals surface area contributed by atoms with Crippen LogP contribution in [0.2, 0.25) is 0 Å². The molecule has 0 bridgehead atoms. The molecule has 1 aromatic heterocycles. The summed E-state index contributed by atoms with van der Waals surface area (Å²) in [6.07, 6.45) is 0.0264. The number of anilines is 1. The first-order valence-electron chi connectivity index (χ1n) is 5.66. The summed E-state index contributed by atoms with van der Waals surface area (Å²) < 4.78 is 38.7. The fourth-order valence-electron chi connectivity index (χ4n) is 1.83. The van der Waals surface area contributed by atoms with Crippen molar-refractivity contribution >= 4 is 5.69 Å². The fourth-order valence-corrected chi connectivity index (χ4v) is 1.83. The monoisotopic (exact) mass is 267 g/mol. The van der Waals surface area contributed by atoms with E-state index in [0.717, 1.165) is 6.07 Å². The minimum atomic E-state index is -4.36. The first kappa shape index (κ1) is 13.3. The Balaban J connectivity index is 2.27. The van der Waals surface area contributed by atoms with E-state index in [-0.39, 0.29) is 5.56 Å². The number of nitrogens with one attached hydrogen (secondary N) is 1. The third-order valence-corrected chi connectivity index (χ3v) is 2.68. The van der Waals surface area contributed by atoms with Crippen LogP contribution in [0.25, 0.3) is 0 Å². The van der Waals surface area contributed by atoms with Crippen LogP contribution in [0.5, 0.6) is 0 Å². The molecule has 0 saturated heterocycles. The lowest BCUT2D eigenvalue weighted by Gasteiger charge is -2.20. The first-order valence-corrected chi connectivity index (χ1v) is 5.66. The summed E-state index contributed by atoms with van der Waals surface area (Å²) in [6.45, 7) is 1.66. The van der Waals surface area contributed by atoms with Crippen LogP contribution in [0.15, 0.2) is 43.0 Å². The van der Waals surface area contributed by atoms with Crippen molar-refractivity contribution < 1.29 is 13.2 Å². The Labute approximate surface area is 108 Å². The van der Waals surface area contributed by atoms with Crippen LogP contribution in [0.4, 0.5) is 18.9 Å². The van der Waals surface area contributed by atoms with Crippen molar-refractivity contribution in [3.63, 3.8) is 0 Å². The quantitative estimate of drug-likeness (QED) is 0.922. The smallest absolute Gasteiger partial charge is 0.376 e. The Morgan fingerprint density at radius 3 is 2.37 bits per heavy atom. The molecule has 2 aromatic rings. The highest BCUT2D eigenvalue weighted by molar-refractivity contribution is 5.43. The molecule has 0 aliphatic carbocycles. The van der Waals surface area contributed by atoms with Crippen LogP contribution in [-0.2, 0) is 6.18 Å². The van der Waals surface area contributed by atoms with E-state index in [1.165, 1.54) is 30.9 Å². The van der Waals surface area contributed by atoms with E-state index < -0.39 is 17.8 Å². The normalized spacial score (nSPS) is 13.1. The molecule has 100 valence electrons. The third kappa shape index (κ3) is 3.21. The van der Waals surface area contributed by atoms with Crippen LogP contribution in [-0.4, -0.2) is 9.97 Å². The van der Waals surface area contributed by atoms with Gasteiger partial charge in [0, 0.05) is 6.04 Å². The highest BCUT2D eigenvalue weighted by Crippen LogP contribution is 2.35. The van der Waals surface area contributed by atoms with Crippen LogP contribution < -0.4 is 5.32 Å². The lowest BCUT2D eigenvalue weighted by molar-refractivity contribution is -0.138. The molecule has 2 rings (SSSR count). The van der Waals surface area contributed by atoms with Crippen molar-refractivity contribution in [3.05, 3.63) is 54.1 Å². The number of halogens is 3. The Hall–Kier alpha value is -2.11. The molecule has 0 radical (unpaired) electrons. The van der Waals surface area contributed by atoms with E-state index in [1.54, 1.807) is 13.0 Å². The molecule has 1 unspecified atom stereocenters. The van der Waals surface area contributed by atoms with E-state index >= 15 is 0 Å². The number of rotatable bonds is 3. The van der Waals surface area contributed by atoms with E-state index in [2.05, 4.69) is 15.3 Å². The second kappa shape index (κ2) is 5.26. The molecular weight excluding hydrogens is 255 g/mol. The molecule has 0 aliphatic rings. The summed E-state index contributed by atoms with van der Waals surface area (Å²) in [4.78, 5) is 7.61. The van der Waals surface area contributed by atoms with Gasteiger partial charge in [-0.3, -0.25) is 0 Å². The minimum absolute atomic E-state index is 0.193. The van der Waals surface area contributed by atoms with Crippen molar-refractivity contribution in [2.75, 3.05) is 5.32 Å². The van der Waals surface area contributed by atoms with Crippen LogP contribution in [0.3, 0.4) is 0 Å². The third-order valence-electron chi connectivity index (χ3n) is 2.68. The lowest BCUT2D eigenvalue weighted by Crippen LogP contribution is -2.15. The van der Waals surface area contributed by atoms with Crippen molar-refractivity contribution in [2.45, 2.75) is 19.1 Å². The molecule has 0 aliphatic heterocycles. The predicted octanol–water partition coefficient (Wildman–Crippen LogP) is 3.67. The molecule has 0 amide bonds. The van der Waals surface area contributed by atoms with Gasteiger partial charge in [-0.1, -0.05) is 18.2 Å². The average molecular weight is 267 g/mol. The highest BCUT2D eigenvalue weighted by atomic mass is 19.4. The largest absolute Gasteiger partial charge is 0.416 e. The summed E-state index contributed by atoms with van der Waals surface area (Å²) >= 11 is 0. The topological polar surface area (TPSA) is 37.8 Å². The molecule has 19 heavy (non-hydrogen) atoms. The first-order chi connectivity index (χ1) is 8.98. The summed E-state index contributed by atoms with van der Waals surface area (Å²) in [5.74, 6) is 0. The molecule has 0 spiro atoms. The number of hydrogen-bond acceptors (Lipinski definition) is 3. The van der Waals surface area contributed by atoms with E-state index in [9.17, 15) is 13.2 Å². The van der Waals surface area contributed by atoms with Gasteiger partial charge in [0.05, 0.1) is 23.6 Å². The maximum absolute atomic E-state index is 12.9. The molecule has 1 atom stereocenters. The maximum Gasteiger partial charge on any atom is 0.416 e. The number of nitrogens with zero attached hydrogens (tertiary/aromatic N) is 2. The van der Waals surface area contributed by atoms with Crippen LogP contribution in [0.1, 0.15) is 24.1 Å². The van der Waals surface area contributed by atoms with Gasteiger partial charge in [0.1, 0.15) is 6.33 Å². The average Bonchev–Trinajstić information content (AvgIpc) is 2.39. The summed E-state index contributed by atoms with van der Waals surface area (Å²) in [6, 6.07) is 5.01. The van der Waals surface area contributed by atoms with Gasteiger partial charge < -0.3 is 5.32 Å². The molecule has 0 fully saturated rings. The van der Waals surface area contributed by atoms with Gasteiger partial charge in [-0.05, 0) is 18.6 Å². The standard InChI is InChI=1S/C13H12F3N3/c1-9(19-10-6-17-8-18-7-10)11-4-2-3-5-12(11)13(14,15)16/h2-9,19H,1H3. The minimum Gasteiger partial charge on any atom is -0.376 e. The van der Waals surface area contributed by atoms with Crippen molar-refractivity contribution in [1.82, 2.24) is 9.97 Å². The summed E-state index contributed by atoms with van der Waals surface area (Å²) in [5, 5.41) is 2.95. The van der Waals surface area contributed by atoms with Crippen LogP contribution >= 0.6 is 0 Å². The number of benzene rings is 1. The van der Waals surface area contributed by atoms with Gasteiger partial charge >= 0.3 is 6.18 Å². The lowest BCUT2D eigenvalue weighted by atomic mass is 10.0. The second-order valence-electron chi connectivity index (χ2n) is 4.08. The van der Waals surface area contributed by atoms with Crippen molar-refractivity contribution in [2.24, 2.45) is 0 Å². The second-order valence-corrected chi connectivity index (χ2v) is 4.08.